The molecule has 1 heterocycles. The summed E-state index contributed by atoms with van der Waals surface area (Å²) in [4.78, 5) is 24.1. The number of pyridine rings is 1. The molecule has 0 aliphatic heterocycles. The maximum Gasteiger partial charge on any atom is 0.417 e. The Morgan fingerprint density at radius 2 is 1.77 bits per heavy atom. The van der Waals surface area contributed by atoms with Crippen LogP contribution in [0.1, 0.15) is 25.0 Å². The molecule has 0 aliphatic rings. The first-order chi connectivity index (χ1) is 13.9. The maximum atomic E-state index is 12.8. The summed E-state index contributed by atoms with van der Waals surface area (Å²) < 4.78 is 65.9. The third-order valence-electron chi connectivity index (χ3n) is 4.42. The number of nitrogens with zero attached hydrogens (tertiary/aromatic N) is 2. The lowest BCUT2D eigenvalue weighted by atomic mass is 10.2. The number of carbonyl (C=O) groups is 1. The summed E-state index contributed by atoms with van der Waals surface area (Å²) in [6.07, 6.45) is -4.09. The third-order valence-corrected chi connectivity index (χ3v) is 6.61. The molecule has 0 unspecified atom stereocenters. The van der Waals surface area contributed by atoms with Crippen LogP contribution in [0.25, 0.3) is 0 Å². The van der Waals surface area contributed by atoms with Gasteiger partial charge in [0.15, 0.2) is 0 Å². The molecule has 11 heteroatoms. The standard InChI is InChI=1S/C19H22F3N3O4S/c1-4-25(5-2)30(28,29)16-10-15(8-6-13(16)3)23-17(26)12-24-11-14(19(20,21)22)7-9-18(24)27/h6-11H,4-5,12H2,1-3H3,(H,23,26). The van der Waals surface area contributed by atoms with E-state index >= 15 is 0 Å². The summed E-state index contributed by atoms with van der Waals surface area (Å²) in [7, 11) is -3.78. The van der Waals surface area contributed by atoms with Crippen LogP contribution in [0, 0.1) is 6.92 Å². The van der Waals surface area contributed by atoms with Crippen molar-refractivity contribution in [3.63, 3.8) is 0 Å². The van der Waals surface area contributed by atoms with Crippen LogP contribution in [0.3, 0.4) is 0 Å². The van der Waals surface area contributed by atoms with Crippen molar-refractivity contribution in [1.29, 1.82) is 0 Å². The van der Waals surface area contributed by atoms with Crippen molar-refractivity contribution >= 4 is 21.6 Å². The van der Waals surface area contributed by atoms with Crippen LogP contribution in [0.2, 0.25) is 0 Å². The van der Waals surface area contributed by atoms with Gasteiger partial charge in [0, 0.05) is 31.0 Å². The molecule has 0 aliphatic carbocycles. The van der Waals surface area contributed by atoms with Gasteiger partial charge in [-0.2, -0.15) is 17.5 Å². The fraction of sp³-hybridized carbons (Fsp3) is 0.368. The van der Waals surface area contributed by atoms with Crippen molar-refractivity contribution in [3.05, 3.63) is 58.0 Å². The van der Waals surface area contributed by atoms with Gasteiger partial charge in [0.25, 0.3) is 5.56 Å². The van der Waals surface area contributed by atoms with Crippen LogP contribution in [-0.2, 0) is 27.5 Å². The van der Waals surface area contributed by atoms with Gasteiger partial charge in [-0.15, -0.1) is 0 Å². The molecule has 1 aromatic heterocycles. The van der Waals surface area contributed by atoms with Gasteiger partial charge in [-0.25, -0.2) is 8.42 Å². The molecular weight excluding hydrogens is 423 g/mol. The summed E-state index contributed by atoms with van der Waals surface area (Å²) in [5.74, 6) is -0.772. The van der Waals surface area contributed by atoms with E-state index < -0.39 is 39.8 Å². The highest BCUT2D eigenvalue weighted by atomic mass is 32.2. The van der Waals surface area contributed by atoms with E-state index in [4.69, 9.17) is 0 Å². The average Bonchev–Trinajstić information content (AvgIpc) is 2.64. The fourth-order valence-electron chi connectivity index (χ4n) is 2.84. The highest BCUT2D eigenvalue weighted by molar-refractivity contribution is 7.89. The molecule has 0 bridgehead atoms. The SMILES string of the molecule is CCN(CC)S(=O)(=O)c1cc(NC(=O)Cn2cc(C(F)(F)F)ccc2=O)ccc1C. The van der Waals surface area contributed by atoms with E-state index in [2.05, 4.69) is 5.32 Å². The highest BCUT2D eigenvalue weighted by Gasteiger charge is 2.31. The summed E-state index contributed by atoms with van der Waals surface area (Å²) in [6, 6.07) is 5.65. The van der Waals surface area contributed by atoms with Crippen molar-refractivity contribution in [2.45, 2.75) is 38.4 Å². The van der Waals surface area contributed by atoms with Gasteiger partial charge in [0.1, 0.15) is 6.54 Å². The largest absolute Gasteiger partial charge is 0.417 e. The maximum absolute atomic E-state index is 12.8. The summed E-state index contributed by atoms with van der Waals surface area (Å²) in [5, 5.41) is 2.43. The molecule has 164 valence electrons. The number of nitrogens with one attached hydrogen (secondary N) is 1. The van der Waals surface area contributed by atoms with Crippen LogP contribution in [0.15, 0.2) is 46.2 Å². The molecule has 30 heavy (non-hydrogen) atoms. The molecule has 1 aromatic carbocycles. The van der Waals surface area contributed by atoms with E-state index in [-0.39, 0.29) is 23.7 Å². The van der Waals surface area contributed by atoms with Crippen molar-refractivity contribution in [2.75, 3.05) is 18.4 Å². The summed E-state index contributed by atoms with van der Waals surface area (Å²) in [6.45, 7) is 4.91. The first-order valence-electron chi connectivity index (χ1n) is 9.08. The molecule has 0 atom stereocenters. The number of benzene rings is 1. The van der Waals surface area contributed by atoms with Gasteiger partial charge in [0.05, 0.1) is 10.5 Å². The Hall–Kier alpha value is -2.66. The topological polar surface area (TPSA) is 88.5 Å². The zero-order valence-corrected chi connectivity index (χ0v) is 17.5. The smallest absolute Gasteiger partial charge is 0.324 e. The minimum Gasteiger partial charge on any atom is -0.324 e. The monoisotopic (exact) mass is 445 g/mol. The van der Waals surface area contributed by atoms with E-state index in [0.717, 1.165) is 6.07 Å². The molecule has 0 radical (unpaired) electrons. The zero-order valence-electron chi connectivity index (χ0n) is 16.7. The van der Waals surface area contributed by atoms with Crippen LogP contribution in [0.5, 0.6) is 0 Å². The quantitative estimate of drug-likeness (QED) is 0.710. The van der Waals surface area contributed by atoms with Crippen molar-refractivity contribution in [3.8, 4) is 0 Å². The van der Waals surface area contributed by atoms with Crippen molar-refractivity contribution in [2.24, 2.45) is 0 Å². The van der Waals surface area contributed by atoms with Crippen LogP contribution >= 0.6 is 0 Å². The van der Waals surface area contributed by atoms with Gasteiger partial charge in [0.2, 0.25) is 15.9 Å². The second-order valence-electron chi connectivity index (χ2n) is 6.50. The number of anilines is 1. The molecular formula is C19H22F3N3O4S. The molecule has 0 spiro atoms. The highest BCUT2D eigenvalue weighted by Crippen LogP contribution is 2.28. The van der Waals surface area contributed by atoms with Gasteiger partial charge in [-0.1, -0.05) is 19.9 Å². The Labute approximate surface area is 172 Å². The van der Waals surface area contributed by atoms with Gasteiger partial charge < -0.3 is 9.88 Å². The number of aromatic nitrogens is 1. The van der Waals surface area contributed by atoms with E-state index in [1.165, 1.54) is 22.5 Å². The first kappa shape index (κ1) is 23.6. The van der Waals surface area contributed by atoms with E-state index in [0.29, 0.717) is 22.4 Å². The van der Waals surface area contributed by atoms with Crippen molar-refractivity contribution in [1.82, 2.24) is 8.87 Å². The second-order valence-corrected chi connectivity index (χ2v) is 8.41. The molecule has 0 saturated heterocycles. The Morgan fingerprint density at radius 1 is 1.13 bits per heavy atom. The Balaban J connectivity index is 2.28. The van der Waals surface area contributed by atoms with Gasteiger partial charge >= 0.3 is 6.18 Å². The van der Waals surface area contributed by atoms with E-state index in [1.807, 2.05) is 0 Å². The number of sulfonamides is 1. The minimum atomic E-state index is -4.66. The number of hydrogen-bond donors (Lipinski definition) is 1. The number of amides is 1. The lowest BCUT2D eigenvalue weighted by Crippen LogP contribution is -2.31. The predicted molar refractivity (Wildman–Crippen MR) is 106 cm³/mol. The molecule has 2 rings (SSSR count). The normalized spacial score (nSPS) is 12.2. The lowest BCUT2D eigenvalue weighted by Gasteiger charge is -2.20. The van der Waals surface area contributed by atoms with Crippen LogP contribution in [0.4, 0.5) is 18.9 Å². The minimum absolute atomic E-state index is 0.0141. The molecule has 0 saturated carbocycles. The predicted octanol–water partition coefficient (Wildman–Crippen LogP) is 2.84. The van der Waals surface area contributed by atoms with Crippen molar-refractivity contribution < 1.29 is 26.4 Å². The van der Waals surface area contributed by atoms with Crippen LogP contribution in [-0.4, -0.2) is 36.3 Å². The molecule has 2 aromatic rings. The number of rotatable bonds is 7. The number of hydrogen-bond acceptors (Lipinski definition) is 4. The Morgan fingerprint density at radius 3 is 2.33 bits per heavy atom. The average molecular weight is 445 g/mol. The van der Waals surface area contributed by atoms with Crippen LogP contribution < -0.4 is 10.9 Å². The molecule has 0 fully saturated rings. The van der Waals surface area contributed by atoms with E-state index in [9.17, 15) is 31.2 Å². The Bertz CT molecular complexity index is 1090. The number of carbonyl (C=O) groups excluding carboxylic acids is 1. The first-order valence-corrected chi connectivity index (χ1v) is 10.5. The lowest BCUT2D eigenvalue weighted by molar-refractivity contribution is -0.138. The van der Waals surface area contributed by atoms with Gasteiger partial charge in [-0.05, 0) is 30.7 Å². The zero-order chi connectivity index (χ0) is 22.7. The summed E-state index contributed by atoms with van der Waals surface area (Å²) >= 11 is 0. The van der Waals surface area contributed by atoms with Gasteiger partial charge in [-0.3, -0.25) is 9.59 Å². The second kappa shape index (κ2) is 9.00. The Kier molecular flexibility index (Phi) is 7.09. The fourth-order valence-corrected chi connectivity index (χ4v) is 4.55. The van der Waals surface area contributed by atoms with E-state index in [1.54, 1.807) is 20.8 Å². The summed E-state index contributed by atoms with van der Waals surface area (Å²) in [5.41, 5.74) is -1.20. The number of aryl methyl sites for hydroxylation is 1. The molecule has 1 N–H and O–H groups in total. The third kappa shape index (κ3) is 5.28. The number of alkyl halides is 3. The molecule has 1 amide bonds. The number of halogens is 3. The molecule has 7 nitrogen and oxygen atoms in total.